The van der Waals surface area contributed by atoms with Gasteiger partial charge in [-0.05, 0) is 24.6 Å². The van der Waals surface area contributed by atoms with Crippen molar-refractivity contribution in [3.8, 4) is 5.82 Å². The van der Waals surface area contributed by atoms with Gasteiger partial charge < -0.3 is 0 Å². The van der Waals surface area contributed by atoms with Crippen molar-refractivity contribution in [1.29, 1.82) is 0 Å². The average Bonchev–Trinajstić information content (AvgIpc) is 2.25. The minimum absolute atomic E-state index is 0.0786. The molecule has 0 spiro atoms. The summed E-state index contributed by atoms with van der Waals surface area (Å²) in [6.45, 7) is 1.92. The Morgan fingerprint density at radius 2 is 2.06 bits per heavy atom. The predicted molar refractivity (Wildman–Crippen MR) is 64.6 cm³/mol. The molecule has 16 heavy (non-hydrogen) atoms. The van der Waals surface area contributed by atoms with Crippen molar-refractivity contribution < 1.29 is 0 Å². The molecule has 0 N–H and O–H groups in total. The smallest absolute Gasteiger partial charge is 0.267 e. The fourth-order valence-electron chi connectivity index (χ4n) is 1.29. The predicted octanol–water partition coefficient (Wildman–Crippen LogP) is 2.85. The Morgan fingerprint density at radius 3 is 2.69 bits per heavy atom. The van der Waals surface area contributed by atoms with E-state index in [9.17, 15) is 4.79 Å². The molecule has 0 aliphatic carbocycles. The van der Waals surface area contributed by atoms with E-state index in [0.29, 0.717) is 10.8 Å². The van der Waals surface area contributed by atoms with Crippen LogP contribution in [0.25, 0.3) is 5.82 Å². The molecule has 0 atom stereocenters. The molecule has 0 unspecified atom stereocenters. The fourth-order valence-corrected chi connectivity index (χ4v) is 1.76. The molecule has 0 bridgehead atoms. The van der Waals surface area contributed by atoms with Gasteiger partial charge in [-0.15, -0.1) is 0 Å². The third-order valence-corrected chi connectivity index (χ3v) is 2.56. The van der Waals surface area contributed by atoms with Crippen molar-refractivity contribution in [2.24, 2.45) is 0 Å². The summed E-state index contributed by atoms with van der Waals surface area (Å²) in [5.74, 6) is 0.500. The number of hydrogen-bond acceptors (Lipinski definition) is 2. The maximum Gasteiger partial charge on any atom is 0.275 e. The number of aromatic nitrogens is 2. The molecule has 0 aliphatic heterocycles. The Morgan fingerprint density at radius 1 is 1.31 bits per heavy atom. The fraction of sp³-hybridized carbons (Fsp3) is 0.0909. The van der Waals surface area contributed by atoms with Gasteiger partial charge in [0.25, 0.3) is 5.56 Å². The standard InChI is InChI=1S/C11H8Cl2N2O/c1-7-2-3-10(14-5-7)15-6-8(12)4-9(13)11(15)16/h2-6H,1H3. The molecule has 0 fully saturated rings. The molecular weight excluding hydrogens is 247 g/mol. The molecule has 0 aliphatic rings. The minimum atomic E-state index is -0.331. The summed E-state index contributed by atoms with van der Waals surface area (Å²) < 4.78 is 1.32. The molecule has 0 radical (unpaired) electrons. The third-order valence-electron chi connectivity index (χ3n) is 2.08. The second-order valence-electron chi connectivity index (χ2n) is 3.38. The van der Waals surface area contributed by atoms with Gasteiger partial charge in [0, 0.05) is 12.4 Å². The Bertz CT molecular complexity index is 576. The summed E-state index contributed by atoms with van der Waals surface area (Å²) in [5.41, 5.74) is 0.687. The van der Waals surface area contributed by atoms with Crippen LogP contribution in [-0.4, -0.2) is 9.55 Å². The number of rotatable bonds is 1. The van der Waals surface area contributed by atoms with E-state index in [4.69, 9.17) is 23.2 Å². The Hall–Kier alpha value is -1.32. The van der Waals surface area contributed by atoms with E-state index in [2.05, 4.69) is 4.98 Å². The largest absolute Gasteiger partial charge is 0.275 e. The van der Waals surface area contributed by atoms with Crippen molar-refractivity contribution in [3.05, 3.63) is 56.6 Å². The zero-order valence-electron chi connectivity index (χ0n) is 8.45. The Balaban J connectivity index is 2.64. The molecule has 3 nitrogen and oxygen atoms in total. The van der Waals surface area contributed by atoms with E-state index in [1.165, 1.54) is 16.8 Å². The third kappa shape index (κ3) is 2.10. The number of hydrogen-bond donors (Lipinski definition) is 0. The van der Waals surface area contributed by atoms with Crippen LogP contribution < -0.4 is 5.56 Å². The summed E-state index contributed by atoms with van der Waals surface area (Å²) in [5, 5.41) is 0.474. The maximum absolute atomic E-state index is 11.7. The molecule has 2 aromatic heterocycles. The minimum Gasteiger partial charge on any atom is -0.267 e. The number of pyridine rings is 2. The molecular formula is C11H8Cl2N2O. The lowest BCUT2D eigenvalue weighted by molar-refractivity contribution is 0.938. The van der Waals surface area contributed by atoms with Crippen LogP contribution in [0.3, 0.4) is 0 Å². The lowest BCUT2D eigenvalue weighted by atomic mass is 10.3. The Kier molecular flexibility index (Phi) is 2.99. The average molecular weight is 255 g/mol. The molecule has 2 heterocycles. The van der Waals surface area contributed by atoms with E-state index in [1.807, 2.05) is 13.0 Å². The van der Waals surface area contributed by atoms with Crippen molar-refractivity contribution >= 4 is 23.2 Å². The lowest BCUT2D eigenvalue weighted by Crippen LogP contribution is -2.18. The second-order valence-corrected chi connectivity index (χ2v) is 4.22. The van der Waals surface area contributed by atoms with Crippen LogP contribution in [0.15, 0.2) is 35.4 Å². The zero-order chi connectivity index (χ0) is 11.7. The first-order valence-corrected chi connectivity index (χ1v) is 5.34. The molecule has 0 saturated heterocycles. The summed E-state index contributed by atoms with van der Waals surface area (Å²) in [6, 6.07) is 5.02. The number of nitrogens with zero attached hydrogens (tertiary/aromatic N) is 2. The first-order valence-electron chi connectivity index (χ1n) is 4.58. The van der Waals surface area contributed by atoms with Gasteiger partial charge in [0.2, 0.25) is 0 Å². The van der Waals surface area contributed by atoms with E-state index in [1.54, 1.807) is 12.3 Å². The molecule has 0 amide bonds. The van der Waals surface area contributed by atoms with Gasteiger partial charge in [-0.3, -0.25) is 9.36 Å². The highest BCUT2D eigenvalue weighted by atomic mass is 35.5. The molecule has 5 heteroatoms. The molecule has 2 rings (SSSR count). The topological polar surface area (TPSA) is 34.9 Å². The van der Waals surface area contributed by atoms with E-state index >= 15 is 0 Å². The number of aryl methyl sites for hydroxylation is 1. The maximum atomic E-state index is 11.7. The highest BCUT2D eigenvalue weighted by molar-refractivity contribution is 6.34. The van der Waals surface area contributed by atoms with E-state index in [-0.39, 0.29) is 10.6 Å². The normalized spacial score (nSPS) is 10.4. The molecule has 82 valence electrons. The van der Waals surface area contributed by atoms with Gasteiger partial charge in [0.05, 0.1) is 5.02 Å². The van der Waals surface area contributed by atoms with Gasteiger partial charge in [-0.25, -0.2) is 4.98 Å². The molecule has 2 aromatic rings. The van der Waals surface area contributed by atoms with Crippen LogP contribution in [-0.2, 0) is 0 Å². The van der Waals surface area contributed by atoms with Crippen LogP contribution in [0.2, 0.25) is 10.0 Å². The van der Waals surface area contributed by atoms with Crippen LogP contribution in [0.1, 0.15) is 5.56 Å². The first-order chi connectivity index (χ1) is 7.58. The summed E-state index contributed by atoms with van der Waals surface area (Å²) >= 11 is 11.6. The summed E-state index contributed by atoms with van der Waals surface area (Å²) in [4.78, 5) is 15.9. The monoisotopic (exact) mass is 254 g/mol. The number of halogens is 2. The zero-order valence-corrected chi connectivity index (χ0v) is 9.96. The summed E-state index contributed by atoms with van der Waals surface area (Å²) in [7, 11) is 0. The van der Waals surface area contributed by atoms with Crippen molar-refractivity contribution in [1.82, 2.24) is 9.55 Å². The van der Waals surface area contributed by atoms with Crippen molar-refractivity contribution in [2.45, 2.75) is 6.92 Å². The van der Waals surface area contributed by atoms with Gasteiger partial charge in [0.1, 0.15) is 10.8 Å². The van der Waals surface area contributed by atoms with E-state index < -0.39 is 0 Å². The van der Waals surface area contributed by atoms with Crippen LogP contribution in [0.5, 0.6) is 0 Å². The first kappa shape index (κ1) is 11.2. The highest BCUT2D eigenvalue weighted by Crippen LogP contribution is 2.13. The van der Waals surface area contributed by atoms with Gasteiger partial charge >= 0.3 is 0 Å². The molecule has 0 saturated carbocycles. The van der Waals surface area contributed by atoms with Gasteiger partial charge in [0.15, 0.2) is 0 Å². The van der Waals surface area contributed by atoms with Gasteiger partial charge in [-0.1, -0.05) is 29.3 Å². The second kappa shape index (κ2) is 4.28. The highest BCUT2D eigenvalue weighted by Gasteiger charge is 2.06. The summed E-state index contributed by atoms with van der Waals surface area (Å²) in [6.07, 6.45) is 3.17. The lowest BCUT2D eigenvalue weighted by Gasteiger charge is -2.05. The SMILES string of the molecule is Cc1ccc(-n2cc(Cl)cc(Cl)c2=O)nc1. The molecule has 0 aromatic carbocycles. The quantitative estimate of drug-likeness (QED) is 0.785. The van der Waals surface area contributed by atoms with E-state index in [0.717, 1.165) is 5.56 Å². The van der Waals surface area contributed by atoms with Crippen LogP contribution in [0, 0.1) is 6.92 Å². The van der Waals surface area contributed by atoms with Crippen LogP contribution >= 0.6 is 23.2 Å². The Labute approximate surface area is 102 Å². The van der Waals surface area contributed by atoms with Gasteiger partial charge in [-0.2, -0.15) is 0 Å². The van der Waals surface area contributed by atoms with Crippen molar-refractivity contribution in [3.63, 3.8) is 0 Å². The van der Waals surface area contributed by atoms with Crippen LogP contribution in [0.4, 0.5) is 0 Å². The van der Waals surface area contributed by atoms with Crippen molar-refractivity contribution in [2.75, 3.05) is 0 Å².